The lowest BCUT2D eigenvalue weighted by Crippen LogP contribution is -2.28. The van der Waals surface area contributed by atoms with Crippen LogP contribution in [-0.2, 0) is 20.2 Å². The highest BCUT2D eigenvalue weighted by Crippen LogP contribution is 2.09. The van der Waals surface area contributed by atoms with Gasteiger partial charge in [0.05, 0.1) is 5.75 Å². The highest BCUT2D eigenvalue weighted by molar-refractivity contribution is 7.90. The van der Waals surface area contributed by atoms with E-state index in [0.29, 0.717) is 0 Å². The highest BCUT2D eigenvalue weighted by Gasteiger charge is 2.27. The van der Waals surface area contributed by atoms with Crippen molar-refractivity contribution in [1.29, 1.82) is 0 Å². The standard InChI is InChI=1S/C9H18O6S2/c1-2-3-4-5-6-7-9(17(13,14)15)8-16(10,11)12/h5-6,9H,2-4,7-8H2,1H3,(H,10,11,12)(H,13,14,15)/b6-5+. The predicted molar refractivity (Wildman–Crippen MR) is 65.0 cm³/mol. The molecular weight excluding hydrogens is 268 g/mol. The monoisotopic (exact) mass is 286 g/mol. The van der Waals surface area contributed by atoms with Gasteiger partial charge < -0.3 is 0 Å². The fourth-order valence-electron chi connectivity index (χ4n) is 1.20. The molecule has 0 heterocycles. The van der Waals surface area contributed by atoms with Crippen molar-refractivity contribution in [2.75, 3.05) is 5.75 Å². The van der Waals surface area contributed by atoms with Crippen LogP contribution in [-0.4, -0.2) is 36.9 Å². The Morgan fingerprint density at radius 1 is 1.12 bits per heavy atom. The molecule has 17 heavy (non-hydrogen) atoms. The molecule has 0 amide bonds. The SMILES string of the molecule is CCCC/C=C/CC(CS(=O)(=O)O)S(=O)(=O)O. The molecule has 8 heteroatoms. The third-order valence-electron chi connectivity index (χ3n) is 2.11. The van der Waals surface area contributed by atoms with Crippen molar-refractivity contribution in [1.82, 2.24) is 0 Å². The summed E-state index contributed by atoms with van der Waals surface area (Å²) in [6.45, 7) is 2.01. The second kappa shape index (κ2) is 7.10. The maximum atomic E-state index is 10.9. The van der Waals surface area contributed by atoms with Crippen molar-refractivity contribution in [3.63, 3.8) is 0 Å². The van der Waals surface area contributed by atoms with Gasteiger partial charge in [0.2, 0.25) is 0 Å². The summed E-state index contributed by atoms with van der Waals surface area (Å²) < 4.78 is 60.3. The maximum absolute atomic E-state index is 10.9. The molecule has 0 saturated heterocycles. The number of unbranched alkanes of at least 4 members (excludes halogenated alkanes) is 2. The van der Waals surface area contributed by atoms with Crippen LogP contribution < -0.4 is 0 Å². The molecule has 0 fully saturated rings. The van der Waals surface area contributed by atoms with Crippen molar-refractivity contribution in [3.8, 4) is 0 Å². The lowest BCUT2D eigenvalue weighted by atomic mass is 10.2. The fourth-order valence-corrected chi connectivity index (χ4v) is 3.36. The third-order valence-corrected chi connectivity index (χ3v) is 4.34. The van der Waals surface area contributed by atoms with Crippen molar-refractivity contribution >= 4 is 20.2 Å². The van der Waals surface area contributed by atoms with Gasteiger partial charge in [-0.3, -0.25) is 9.11 Å². The maximum Gasteiger partial charge on any atom is 0.269 e. The van der Waals surface area contributed by atoms with Gasteiger partial charge in [-0.15, -0.1) is 0 Å². The van der Waals surface area contributed by atoms with Crippen molar-refractivity contribution in [2.45, 2.75) is 37.9 Å². The molecule has 0 aliphatic carbocycles. The average Bonchev–Trinajstić information content (AvgIpc) is 2.12. The van der Waals surface area contributed by atoms with E-state index in [0.717, 1.165) is 19.3 Å². The molecule has 0 aromatic heterocycles. The summed E-state index contributed by atoms with van der Waals surface area (Å²) in [5.74, 6) is -0.996. The minimum Gasteiger partial charge on any atom is -0.286 e. The zero-order chi connectivity index (χ0) is 13.5. The van der Waals surface area contributed by atoms with E-state index in [1.807, 2.05) is 6.92 Å². The summed E-state index contributed by atoms with van der Waals surface area (Å²) in [5.41, 5.74) is 0. The van der Waals surface area contributed by atoms with Crippen LogP contribution >= 0.6 is 0 Å². The molecule has 0 saturated carbocycles. The molecule has 2 N–H and O–H groups in total. The number of hydrogen-bond acceptors (Lipinski definition) is 4. The Hall–Kier alpha value is -0.440. The van der Waals surface area contributed by atoms with Crippen molar-refractivity contribution in [2.24, 2.45) is 0 Å². The van der Waals surface area contributed by atoms with Crippen LogP contribution in [0.3, 0.4) is 0 Å². The summed E-state index contributed by atoms with van der Waals surface area (Å²) in [7, 11) is -8.91. The molecule has 1 atom stereocenters. The van der Waals surface area contributed by atoms with Gasteiger partial charge >= 0.3 is 0 Å². The lowest BCUT2D eigenvalue weighted by molar-refractivity contribution is 0.457. The first-order valence-electron chi connectivity index (χ1n) is 5.23. The minimum absolute atomic E-state index is 0.137. The zero-order valence-electron chi connectivity index (χ0n) is 9.61. The average molecular weight is 286 g/mol. The molecule has 0 radical (unpaired) electrons. The van der Waals surface area contributed by atoms with Crippen LogP contribution in [0.15, 0.2) is 12.2 Å². The van der Waals surface area contributed by atoms with Gasteiger partial charge in [0, 0.05) is 0 Å². The molecule has 6 nitrogen and oxygen atoms in total. The van der Waals surface area contributed by atoms with Crippen LogP contribution in [0.1, 0.15) is 32.6 Å². The van der Waals surface area contributed by atoms with E-state index in [-0.39, 0.29) is 6.42 Å². The summed E-state index contributed by atoms with van der Waals surface area (Å²) in [6.07, 6.45) is 5.80. The first kappa shape index (κ1) is 16.6. The Morgan fingerprint density at radius 2 is 1.71 bits per heavy atom. The van der Waals surface area contributed by atoms with Gasteiger partial charge in [-0.05, 0) is 12.8 Å². The molecule has 0 spiro atoms. The van der Waals surface area contributed by atoms with Crippen LogP contribution in [0.5, 0.6) is 0 Å². The molecule has 1 unspecified atom stereocenters. The fraction of sp³-hybridized carbons (Fsp3) is 0.778. The number of allylic oxidation sites excluding steroid dienone is 2. The first-order chi connectivity index (χ1) is 7.67. The Bertz CT molecular complexity index is 434. The van der Waals surface area contributed by atoms with E-state index in [4.69, 9.17) is 9.11 Å². The van der Waals surface area contributed by atoms with E-state index in [1.54, 1.807) is 6.08 Å². The van der Waals surface area contributed by atoms with Crippen LogP contribution in [0.4, 0.5) is 0 Å². The molecule has 0 rings (SSSR count). The van der Waals surface area contributed by atoms with Crippen molar-refractivity contribution < 1.29 is 25.9 Å². The largest absolute Gasteiger partial charge is 0.286 e. The van der Waals surface area contributed by atoms with Gasteiger partial charge in [-0.1, -0.05) is 31.9 Å². The van der Waals surface area contributed by atoms with Gasteiger partial charge in [0.25, 0.3) is 20.2 Å². The number of rotatable bonds is 8. The summed E-state index contributed by atoms with van der Waals surface area (Å²) in [5, 5.41) is -1.52. The van der Waals surface area contributed by atoms with Crippen molar-refractivity contribution in [3.05, 3.63) is 12.2 Å². The van der Waals surface area contributed by atoms with E-state index < -0.39 is 31.2 Å². The lowest BCUT2D eigenvalue weighted by Gasteiger charge is -2.09. The predicted octanol–water partition coefficient (Wildman–Crippen LogP) is 1.27. The van der Waals surface area contributed by atoms with E-state index in [1.165, 1.54) is 6.08 Å². The highest BCUT2D eigenvalue weighted by atomic mass is 32.2. The third kappa shape index (κ3) is 9.28. The summed E-state index contributed by atoms with van der Waals surface area (Å²) >= 11 is 0. The Balaban J connectivity index is 4.48. The Kier molecular flexibility index (Phi) is 6.91. The molecule has 102 valence electrons. The molecule has 0 aromatic carbocycles. The first-order valence-corrected chi connectivity index (χ1v) is 8.34. The second-order valence-corrected chi connectivity index (χ2v) is 6.93. The van der Waals surface area contributed by atoms with E-state index >= 15 is 0 Å². The topological polar surface area (TPSA) is 109 Å². The van der Waals surface area contributed by atoms with E-state index in [2.05, 4.69) is 0 Å². The summed E-state index contributed by atoms with van der Waals surface area (Å²) in [6, 6.07) is 0. The van der Waals surface area contributed by atoms with Gasteiger partial charge in [-0.25, -0.2) is 0 Å². The van der Waals surface area contributed by atoms with Gasteiger partial charge in [0.1, 0.15) is 5.25 Å². The zero-order valence-corrected chi connectivity index (χ0v) is 11.2. The van der Waals surface area contributed by atoms with E-state index in [9.17, 15) is 16.8 Å². The smallest absolute Gasteiger partial charge is 0.269 e. The van der Waals surface area contributed by atoms with Gasteiger partial charge in [-0.2, -0.15) is 16.8 Å². The molecular formula is C9H18O6S2. The molecule has 0 bridgehead atoms. The number of hydrogen-bond donors (Lipinski definition) is 2. The second-order valence-electron chi connectivity index (χ2n) is 3.73. The Morgan fingerprint density at radius 3 is 2.12 bits per heavy atom. The van der Waals surface area contributed by atoms with Crippen LogP contribution in [0.2, 0.25) is 0 Å². The van der Waals surface area contributed by atoms with Crippen LogP contribution in [0.25, 0.3) is 0 Å². The van der Waals surface area contributed by atoms with Gasteiger partial charge in [0.15, 0.2) is 0 Å². The summed E-state index contributed by atoms with van der Waals surface area (Å²) in [4.78, 5) is 0. The minimum atomic E-state index is -4.48. The molecule has 0 aromatic rings. The molecule has 0 aliphatic heterocycles. The normalized spacial score (nSPS) is 15.2. The molecule has 0 aliphatic rings. The Labute approximate surface area is 102 Å². The quantitative estimate of drug-likeness (QED) is 0.395. The van der Waals surface area contributed by atoms with Crippen LogP contribution in [0, 0.1) is 0 Å².